The SMILES string of the molecule is CCCNC(C)C1CCN(CCC(=O)NC)CC1. The van der Waals surface area contributed by atoms with Gasteiger partial charge in [0, 0.05) is 26.1 Å². The van der Waals surface area contributed by atoms with Crippen LogP contribution in [0.25, 0.3) is 0 Å². The van der Waals surface area contributed by atoms with Crippen LogP contribution in [0.1, 0.15) is 39.5 Å². The topological polar surface area (TPSA) is 44.4 Å². The first-order chi connectivity index (χ1) is 8.67. The van der Waals surface area contributed by atoms with E-state index in [-0.39, 0.29) is 5.91 Å². The molecule has 4 nitrogen and oxygen atoms in total. The van der Waals surface area contributed by atoms with Crippen LogP contribution in [0.2, 0.25) is 0 Å². The third-order valence-electron chi connectivity index (χ3n) is 3.99. The molecule has 0 aliphatic carbocycles. The Morgan fingerprint density at radius 1 is 1.39 bits per heavy atom. The zero-order chi connectivity index (χ0) is 13.4. The Morgan fingerprint density at radius 3 is 2.61 bits per heavy atom. The highest BCUT2D eigenvalue weighted by Crippen LogP contribution is 2.20. The molecule has 0 radical (unpaired) electrons. The van der Waals surface area contributed by atoms with Crippen molar-refractivity contribution in [3.8, 4) is 0 Å². The highest BCUT2D eigenvalue weighted by molar-refractivity contribution is 5.75. The van der Waals surface area contributed by atoms with E-state index in [0.717, 1.165) is 32.1 Å². The average Bonchev–Trinajstić information content (AvgIpc) is 2.42. The molecule has 1 amide bonds. The van der Waals surface area contributed by atoms with Gasteiger partial charge in [0.15, 0.2) is 0 Å². The van der Waals surface area contributed by atoms with E-state index < -0.39 is 0 Å². The van der Waals surface area contributed by atoms with Crippen molar-refractivity contribution >= 4 is 5.91 Å². The first-order valence-electron chi connectivity index (χ1n) is 7.33. The van der Waals surface area contributed by atoms with Gasteiger partial charge in [-0.1, -0.05) is 6.92 Å². The maximum absolute atomic E-state index is 11.2. The van der Waals surface area contributed by atoms with E-state index in [1.54, 1.807) is 7.05 Å². The average molecular weight is 255 g/mol. The lowest BCUT2D eigenvalue weighted by atomic mass is 9.90. The maximum Gasteiger partial charge on any atom is 0.221 e. The molecule has 18 heavy (non-hydrogen) atoms. The van der Waals surface area contributed by atoms with E-state index in [0.29, 0.717) is 12.5 Å². The number of likely N-dealkylation sites (tertiary alicyclic amines) is 1. The fourth-order valence-electron chi connectivity index (χ4n) is 2.60. The second-order valence-electron chi connectivity index (χ2n) is 5.35. The minimum absolute atomic E-state index is 0.148. The maximum atomic E-state index is 11.2. The summed E-state index contributed by atoms with van der Waals surface area (Å²) in [6.45, 7) is 8.82. The minimum Gasteiger partial charge on any atom is -0.359 e. The summed E-state index contributed by atoms with van der Waals surface area (Å²) >= 11 is 0. The Labute approximate surface area is 111 Å². The fraction of sp³-hybridized carbons (Fsp3) is 0.929. The number of nitrogens with zero attached hydrogens (tertiary/aromatic N) is 1. The van der Waals surface area contributed by atoms with Crippen molar-refractivity contribution in [3.05, 3.63) is 0 Å². The number of hydrogen-bond acceptors (Lipinski definition) is 3. The second-order valence-corrected chi connectivity index (χ2v) is 5.35. The molecule has 1 saturated heterocycles. The van der Waals surface area contributed by atoms with E-state index in [4.69, 9.17) is 0 Å². The molecule has 1 heterocycles. The van der Waals surface area contributed by atoms with Crippen molar-refractivity contribution in [2.75, 3.05) is 33.2 Å². The minimum atomic E-state index is 0.148. The number of hydrogen-bond donors (Lipinski definition) is 2. The van der Waals surface area contributed by atoms with Crippen LogP contribution in [-0.2, 0) is 4.79 Å². The van der Waals surface area contributed by atoms with E-state index in [2.05, 4.69) is 29.4 Å². The molecule has 1 aliphatic heterocycles. The van der Waals surface area contributed by atoms with Gasteiger partial charge in [-0.3, -0.25) is 4.79 Å². The Morgan fingerprint density at radius 2 is 2.06 bits per heavy atom. The molecule has 4 heteroatoms. The van der Waals surface area contributed by atoms with Crippen LogP contribution >= 0.6 is 0 Å². The molecule has 1 aliphatic rings. The van der Waals surface area contributed by atoms with Crippen LogP contribution < -0.4 is 10.6 Å². The highest BCUT2D eigenvalue weighted by Gasteiger charge is 2.23. The molecule has 1 atom stereocenters. The molecule has 106 valence electrons. The molecule has 1 rings (SSSR count). The van der Waals surface area contributed by atoms with Crippen LogP contribution in [0.4, 0.5) is 0 Å². The van der Waals surface area contributed by atoms with Crippen LogP contribution in [0.3, 0.4) is 0 Å². The van der Waals surface area contributed by atoms with Crippen molar-refractivity contribution < 1.29 is 4.79 Å². The van der Waals surface area contributed by atoms with Crippen LogP contribution in [0.15, 0.2) is 0 Å². The summed E-state index contributed by atoms with van der Waals surface area (Å²) in [4.78, 5) is 13.6. The number of piperidine rings is 1. The van der Waals surface area contributed by atoms with Gasteiger partial charge in [0.05, 0.1) is 0 Å². The summed E-state index contributed by atoms with van der Waals surface area (Å²) in [5.74, 6) is 0.947. The van der Waals surface area contributed by atoms with Crippen molar-refractivity contribution in [3.63, 3.8) is 0 Å². The predicted octanol–water partition coefficient (Wildman–Crippen LogP) is 1.22. The largest absolute Gasteiger partial charge is 0.359 e. The quantitative estimate of drug-likeness (QED) is 0.719. The Hall–Kier alpha value is -0.610. The van der Waals surface area contributed by atoms with Gasteiger partial charge >= 0.3 is 0 Å². The molecule has 1 unspecified atom stereocenters. The lowest BCUT2D eigenvalue weighted by Crippen LogP contribution is -2.43. The first kappa shape index (κ1) is 15.4. The third kappa shape index (κ3) is 5.36. The number of nitrogens with one attached hydrogen (secondary N) is 2. The van der Waals surface area contributed by atoms with Crippen LogP contribution in [0.5, 0.6) is 0 Å². The van der Waals surface area contributed by atoms with Crippen molar-refractivity contribution in [2.45, 2.75) is 45.6 Å². The molecule has 0 aromatic carbocycles. The number of amides is 1. The summed E-state index contributed by atoms with van der Waals surface area (Å²) in [5.41, 5.74) is 0. The monoisotopic (exact) mass is 255 g/mol. The fourth-order valence-corrected chi connectivity index (χ4v) is 2.60. The lowest BCUT2D eigenvalue weighted by molar-refractivity contribution is -0.121. The molecular weight excluding hydrogens is 226 g/mol. The Balaban J connectivity index is 2.17. The van der Waals surface area contributed by atoms with Gasteiger partial charge in [-0.05, 0) is 51.7 Å². The smallest absolute Gasteiger partial charge is 0.221 e. The van der Waals surface area contributed by atoms with E-state index in [1.165, 1.54) is 19.3 Å². The number of carbonyl (C=O) groups is 1. The van der Waals surface area contributed by atoms with Crippen LogP contribution in [-0.4, -0.2) is 50.1 Å². The van der Waals surface area contributed by atoms with Gasteiger partial charge in [0.25, 0.3) is 0 Å². The van der Waals surface area contributed by atoms with Gasteiger partial charge < -0.3 is 15.5 Å². The molecule has 0 spiro atoms. The van der Waals surface area contributed by atoms with E-state index in [9.17, 15) is 4.79 Å². The van der Waals surface area contributed by atoms with Gasteiger partial charge in [-0.15, -0.1) is 0 Å². The summed E-state index contributed by atoms with van der Waals surface area (Å²) in [5, 5.41) is 6.27. The molecule has 0 aromatic rings. The van der Waals surface area contributed by atoms with E-state index >= 15 is 0 Å². The molecule has 0 bridgehead atoms. The summed E-state index contributed by atoms with van der Waals surface area (Å²) in [6.07, 6.45) is 4.34. The van der Waals surface area contributed by atoms with Gasteiger partial charge in [-0.25, -0.2) is 0 Å². The van der Waals surface area contributed by atoms with Crippen molar-refractivity contribution in [1.29, 1.82) is 0 Å². The summed E-state index contributed by atoms with van der Waals surface area (Å²) < 4.78 is 0. The lowest BCUT2D eigenvalue weighted by Gasteiger charge is -2.35. The molecule has 0 saturated carbocycles. The number of rotatable bonds is 7. The summed E-state index contributed by atoms with van der Waals surface area (Å²) in [7, 11) is 1.70. The van der Waals surface area contributed by atoms with Gasteiger partial charge in [-0.2, -0.15) is 0 Å². The second kappa shape index (κ2) is 8.48. The third-order valence-corrected chi connectivity index (χ3v) is 3.99. The van der Waals surface area contributed by atoms with Crippen LogP contribution in [0, 0.1) is 5.92 Å². The van der Waals surface area contributed by atoms with Gasteiger partial charge in [0.1, 0.15) is 0 Å². The zero-order valence-electron chi connectivity index (χ0n) is 12.2. The van der Waals surface area contributed by atoms with Crippen molar-refractivity contribution in [2.24, 2.45) is 5.92 Å². The molecule has 2 N–H and O–H groups in total. The highest BCUT2D eigenvalue weighted by atomic mass is 16.1. The zero-order valence-corrected chi connectivity index (χ0v) is 12.2. The molecule has 1 fully saturated rings. The Kier molecular flexibility index (Phi) is 7.28. The Bertz CT molecular complexity index is 237. The number of carbonyl (C=O) groups excluding carboxylic acids is 1. The standard InChI is InChI=1S/C14H29N3O/c1-4-8-16-12(2)13-5-9-17(10-6-13)11-7-14(18)15-3/h12-13,16H,4-11H2,1-3H3,(H,15,18). The predicted molar refractivity (Wildman–Crippen MR) is 75.6 cm³/mol. The normalized spacial score (nSPS) is 19.7. The summed E-state index contributed by atoms with van der Waals surface area (Å²) in [6, 6.07) is 0.631. The molecular formula is C14H29N3O. The van der Waals surface area contributed by atoms with Gasteiger partial charge in [0.2, 0.25) is 5.91 Å². The van der Waals surface area contributed by atoms with E-state index in [1.807, 2.05) is 0 Å². The first-order valence-corrected chi connectivity index (χ1v) is 7.33. The van der Waals surface area contributed by atoms with Crippen molar-refractivity contribution in [1.82, 2.24) is 15.5 Å². The molecule has 0 aromatic heterocycles.